The van der Waals surface area contributed by atoms with E-state index in [4.69, 9.17) is 4.74 Å². The highest BCUT2D eigenvalue weighted by atomic mass is 16.5. The summed E-state index contributed by atoms with van der Waals surface area (Å²) in [6.45, 7) is 1.90. The molecule has 2 nitrogen and oxygen atoms in total. The fourth-order valence-corrected chi connectivity index (χ4v) is 2.31. The molecule has 0 aliphatic carbocycles. The van der Waals surface area contributed by atoms with Crippen molar-refractivity contribution in [2.24, 2.45) is 0 Å². The fourth-order valence-electron chi connectivity index (χ4n) is 2.31. The molecule has 0 amide bonds. The number of benzene rings is 2. The standard InChI is InChI=1S/C17H20O2/c1-14(19-2)17(18,16-11-7-4-8-12-16)13-15-9-5-3-6-10-15/h3-12,14,18H,13H2,1-2H3. The van der Waals surface area contributed by atoms with Crippen molar-refractivity contribution < 1.29 is 9.84 Å². The molecular weight excluding hydrogens is 236 g/mol. The van der Waals surface area contributed by atoms with Crippen molar-refractivity contribution in [1.29, 1.82) is 0 Å². The minimum Gasteiger partial charge on any atom is -0.382 e. The monoisotopic (exact) mass is 256 g/mol. The molecule has 2 heteroatoms. The summed E-state index contributed by atoms with van der Waals surface area (Å²) in [4.78, 5) is 0. The molecule has 100 valence electrons. The summed E-state index contributed by atoms with van der Waals surface area (Å²) >= 11 is 0. The molecule has 2 aromatic rings. The highest BCUT2D eigenvalue weighted by molar-refractivity contribution is 5.28. The van der Waals surface area contributed by atoms with Crippen LogP contribution in [0.25, 0.3) is 0 Å². The molecule has 19 heavy (non-hydrogen) atoms. The van der Waals surface area contributed by atoms with Crippen LogP contribution in [0.15, 0.2) is 60.7 Å². The van der Waals surface area contributed by atoms with Gasteiger partial charge in [0.2, 0.25) is 0 Å². The van der Waals surface area contributed by atoms with Crippen LogP contribution >= 0.6 is 0 Å². The molecule has 0 radical (unpaired) electrons. The van der Waals surface area contributed by atoms with Crippen LogP contribution < -0.4 is 0 Å². The Hall–Kier alpha value is -1.64. The molecule has 2 atom stereocenters. The Balaban J connectivity index is 2.36. The van der Waals surface area contributed by atoms with E-state index in [1.807, 2.05) is 67.6 Å². The van der Waals surface area contributed by atoms with Crippen LogP contribution in [0.2, 0.25) is 0 Å². The van der Waals surface area contributed by atoms with Gasteiger partial charge in [0.15, 0.2) is 0 Å². The molecule has 2 aromatic carbocycles. The maximum absolute atomic E-state index is 11.1. The van der Waals surface area contributed by atoms with E-state index in [0.29, 0.717) is 6.42 Å². The predicted molar refractivity (Wildman–Crippen MR) is 77.0 cm³/mol. The van der Waals surface area contributed by atoms with E-state index < -0.39 is 5.60 Å². The first-order valence-electron chi connectivity index (χ1n) is 6.51. The number of hydrogen-bond acceptors (Lipinski definition) is 2. The van der Waals surface area contributed by atoms with Gasteiger partial charge in [-0.05, 0) is 18.1 Å². The lowest BCUT2D eigenvalue weighted by molar-refractivity contribution is -0.0898. The van der Waals surface area contributed by atoms with Crippen molar-refractivity contribution in [2.75, 3.05) is 7.11 Å². The first-order valence-corrected chi connectivity index (χ1v) is 6.51. The number of ether oxygens (including phenoxy) is 1. The van der Waals surface area contributed by atoms with Gasteiger partial charge >= 0.3 is 0 Å². The Morgan fingerprint density at radius 2 is 1.53 bits per heavy atom. The molecule has 0 aromatic heterocycles. The second-order valence-corrected chi connectivity index (χ2v) is 4.83. The Kier molecular flexibility index (Phi) is 4.35. The number of aliphatic hydroxyl groups is 1. The summed E-state index contributed by atoms with van der Waals surface area (Å²) in [6, 6.07) is 19.7. The van der Waals surface area contributed by atoms with Gasteiger partial charge in [-0.15, -0.1) is 0 Å². The summed E-state index contributed by atoms with van der Waals surface area (Å²) in [7, 11) is 1.63. The summed E-state index contributed by atoms with van der Waals surface area (Å²) in [5.74, 6) is 0. The minimum absolute atomic E-state index is 0.282. The van der Waals surface area contributed by atoms with Crippen molar-refractivity contribution in [1.82, 2.24) is 0 Å². The van der Waals surface area contributed by atoms with E-state index in [2.05, 4.69) is 0 Å². The van der Waals surface area contributed by atoms with Gasteiger partial charge in [0.1, 0.15) is 5.60 Å². The van der Waals surface area contributed by atoms with E-state index >= 15 is 0 Å². The van der Waals surface area contributed by atoms with Gasteiger partial charge in [-0.2, -0.15) is 0 Å². The van der Waals surface area contributed by atoms with E-state index in [9.17, 15) is 5.11 Å². The van der Waals surface area contributed by atoms with Gasteiger partial charge in [0.25, 0.3) is 0 Å². The zero-order chi connectivity index (χ0) is 13.7. The van der Waals surface area contributed by atoms with Gasteiger partial charge < -0.3 is 9.84 Å². The molecule has 2 rings (SSSR count). The minimum atomic E-state index is -1.02. The molecule has 0 saturated carbocycles. The second-order valence-electron chi connectivity index (χ2n) is 4.83. The lowest BCUT2D eigenvalue weighted by atomic mass is 9.83. The van der Waals surface area contributed by atoms with Crippen LogP contribution in [-0.4, -0.2) is 18.3 Å². The zero-order valence-corrected chi connectivity index (χ0v) is 11.4. The van der Waals surface area contributed by atoms with Gasteiger partial charge in [0.05, 0.1) is 6.10 Å². The normalized spacial score (nSPS) is 15.7. The average Bonchev–Trinajstić information content (AvgIpc) is 2.48. The first kappa shape index (κ1) is 13.8. The molecule has 0 aliphatic heterocycles. The number of methoxy groups -OCH3 is 1. The maximum atomic E-state index is 11.1. The van der Waals surface area contributed by atoms with E-state index in [1.54, 1.807) is 7.11 Å². The Bertz CT molecular complexity index is 495. The molecule has 0 aliphatic rings. The van der Waals surface area contributed by atoms with Crippen molar-refractivity contribution >= 4 is 0 Å². The Morgan fingerprint density at radius 1 is 1.00 bits per heavy atom. The molecule has 1 N–H and O–H groups in total. The van der Waals surface area contributed by atoms with E-state index in [-0.39, 0.29) is 6.10 Å². The second kappa shape index (κ2) is 6.00. The van der Waals surface area contributed by atoms with E-state index in [1.165, 1.54) is 0 Å². The van der Waals surface area contributed by atoms with Crippen LogP contribution in [-0.2, 0) is 16.8 Å². The lowest BCUT2D eigenvalue weighted by Crippen LogP contribution is -2.41. The largest absolute Gasteiger partial charge is 0.382 e. The number of rotatable bonds is 5. The molecule has 0 heterocycles. The zero-order valence-electron chi connectivity index (χ0n) is 11.4. The lowest BCUT2D eigenvalue weighted by Gasteiger charge is -2.34. The molecule has 0 saturated heterocycles. The third-order valence-corrected chi connectivity index (χ3v) is 3.62. The summed E-state index contributed by atoms with van der Waals surface area (Å²) < 4.78 is 5.39. The first-order chi connectivity index (χ1) is 9.16. The SMILES string of the molecule is COC(C)C(O)(Cc1ccccc1)c1ccccc1. The third-order valence-electron chi connectivity index (χ3n) is 3.62. The third kappa shape index (κ3) is 3.03. The van der Waals surface area contributed by atoms with Crippen molar-refractivity contribution in [2.45, 2.75) is 25.0 Å². The van der Waals surface area contributed by atoms with Crippen LogP contribution in [0.5, 0.6) is 0 Å². The fraction of sp³-hybridized carbons (Fsp3) is 0.294. The topological polar surface area (TPSA) is 29.5 Å². The molecule has 0 bridgehead atoms. The van der Waals surface area contributed by atoms with Gasteiger partial charge in [-0.25, -0.2) is 0 Å². The summed E-state index contributed by atoms with van der Waals surface area (Å²) in [6.07, 6.45) is 0.252. The maximum Gasteiger partial charge on any atom is 0.119 e. The van der Waals surface area contributed by atoms with Crippen LogP contribution in [0.1, 0.15) is 18.1 Å². The van der Waals surface area contributed by atoms with Crippen LogP contribution in [0, 0.1) is 0 Å². The van der Waals surface area contributed by atoms with Gasteiger partial charge in [-0.3, -0.25) is 0 Å². The van der Waals surface area contributed by atoms with Crippen molar-refractivity contribution in [3.8, 4) is 0 Å². The van der Waals surface area contributed by atoms with Gasteiger partial charge in [0, 0.05) is 13.5 Å². The van der Waals surface area contributed by atoms with Crippen LogP contribution in [0.4, 0.5) is 0 Å². The summed E-state index contributed by atoms with van der Waals surface area (Å²) in [5, 5.41) is 11.1. The smallest absolute Gasteiger partial charge is 0.119 e. The van der Waals surface area contributed by atoms with Crippen molar-refractivity contribution in [3.05, 3.63) is 71.8 Å². The average molecular weight is 256 g/mol. The van der Waals surface area contributed by atoms with E-state index in [0.717, 1.165) is 11.1 Å². The molecule has 0 spiro atoms. The Morgan fingerprint density at radius 3 is 2.05 bits per heavy atom. The number of hydrogen-bond donors (Lipinski definition) is 1. The Labute approximate surface area is 114 Å². The quantitative estimate of drug-likeness (QED) is 0.890. The highest BCUT2D eigenvalue weighted by Crippen LogP contribution is 2.30. The van der Waals surface area contributed by atoms with Crippen LogP contribution in [0.3, 0.4) is 0 Å². The summed E-state index contributed by atoms with van der Waals surface area (Å²) in [5.41, 5.74) is 0.961. The van der Waals surface area contributed by atoms with Gasteiger partial charge in [-0.1, -0.05) is 60.7 Å². The molecule has 2 unspecified atom stereocenters. The van der Waals surface area contributed by atoms with Crippen molar-refractivity contribution in [3.63, 3.8) is 0 Å². The predicted octanol–water partition coefficient (Wildman–Crippen LogP) is 3.15. The molecule has 0 fully saturated rings. The highest BCUT2D eigenvalue weighted by Gasteiger charge is 2.36. The molecular formula is C17H20O2.